The maximum atomic E-state index is 14.6. The number of carbonyl (C=O) groups is 3. The average molecular weight is 496 g/mol. The lowest BCUT2D eigenvalue weighted by Gasteiger charge is -2.37. The highest BCUT2D eigenvalue weighted by Gasteiger charge is 2.44. The summed E-state index contributed by atoms with van der Waals surface area (Å²) in [4.78, 5) is 41.8. The zero-order valence-electron chi connectivity index (χ0n) is 21.0. The van der Waals surface area contributed by atoms with Crippen molar-refractivity contribution in [3.05, 3.63) is 71.3 Å². The van der Waals surface area contributed by atoms with Crippen molar-refractivity contribution in [1.82, 2.24) is 15.1 Å². The number of nitrogens with zero attached hydrogens (tertiary/aromatic N) is 2. The topological polar surface area (TPSA) is 79.0 Å². The summed E-state index contributed by atoms with van der Waals surface area (Å²) in [5.41, 5.74) is 2.98. The molecular formula is C28H34FN3O4. The third-order valence-electron chi connectivity index (χ3n) is 7.01. The van der Waals surface area contributed by atoms with Gasteiger partial charge in [0.2, 0.25) is 17.7 Å². The van der Waals surface area contributed by atoms with Crippen molar-refractivity contribution in [3.63, 3.8) is 0 Å². The smallest absolute Gasteiger partial charge is 0.248 e. The zero-order chi connectivity index (χ0) is 25.8. The first-order valence-electron chi connectivity index (χ1n) is 12.5. The highest BCUT2D eigenvalue weighted by atomic mass is 19.1. The van der Waals surface area contributed by atoms with Gasteiger partial charge in [0.05, 0.1) is 25.8 Å². The molecule has 0 radical (unpaired) electrons. The Morgan fingerprint density at radius 2 is 1.58 bits per heavy atom. The second-order valence-electron chi connectivity index (χ2n) is 9.82. The fourth-order valence-corrected chi connectivity index (χ4v) is 4.97. The van der Waals surface area contributed by atoms with Gasteiger partial charge in [0.25, 0.3) is 0 Å². The van der Waals surface area contributed by atoms with Crippen LogP contribution in [-0.4, -0.2) is 72.1 Å². The lowest BCUT2D eigenvalue weighted by molar-refractivity contribution is -0.154. The van der Waals surface area contributed by atoms with Crippen LogP contribution in [0.25, 0.3) is 0 Å². The van der Waals surface area contributed by atoms with Crippen LogP contribution in [0.3, 0.4) is 0 Å². The van der Waals surface area contributed by atoms with Gasteiger partial charge in [-0.05, 0) is 22.6 Å². The molecule has 1 N–H and O–H groups in total. The van der Waals surface area contributed by atoms with Gasteiger partial charge in [-0.2, -0.15) is 0 Å². The highest BCUT2D eigenvalue weighted by molar-refractivity contribution is 5.93. The minimum Gasteiger partial charge on any atom is -0.377 e. The Bertz CT molecular complexity index is 1080. The van der Waals surface area contributed by atoms with Crippen LogP contribution in [0.2, 0.25) is 0 Å². The molecule has 0 aromatic heterocycles. The van der Waals surface area contributed by atoms with Crippen LogP contribution < -0.4 is 5.32 Å². The standard InChI is InChI=1S/C28H34FN3O4/c1-18(2)20-9-11-22(12-10-20)26(21-7-5-4-6-8-21)30-27(34)24-15-23(29)16-32(24)28(35)25-17-36-14-13-31(25)19(3)33/h4-12,18,23-26H,13-17H2,1-3H3,(H,30,34)/t23-,24?,25?,26+/m1/s1. The number of ether oxygens (including phenoxy) is 1. The van der Waals surface area contributed by atoms with E-state index in [9.17, 15) is 18.8 Å². The number of hydrogen-bond donors (Lipinski definition) is 1. The molecule has 192 valence electrons. The first-order valence-corrected chi connectivity index (χ1v) is 12.5. The first-order chi connectivity index (χ1) is 17.3. The molecule has 4 rings (SSSR count). The Kier molecular flexibility index (Phi) is 8.04. The number of halogens is 1. The van der Waals surface area contributed by atoms with Crippen molar-refractivity contribution in [2.75, 3.05) is 26.3 Å². The van der Waals surface area contributed by atoms with E-state index >= 15 is 0 Å². The number of morpholine rings is 1. The van der Waals surface area contributed by atoms with Gasteiger partial charge in [0.1, 0.15) is 18.3 Å². The fourth-order valence-electron chi connectivity index (χ4n) is 4.97. The van der Waals surface area contributed by atoms with Crippen molar-refractivity contribution in [2.45, 2.75) is 57.4 Å². The van der Waals surface area contributed by atoms with E-state index in [2.05, 4.69) is 19.2 Å². The Labute approximate surface area is 211 Å². The molecule has 0 aliphatic carbocycles. The summed E-state index contributed by atoms with van der Waals surface area (Å²) in [5.74, 6) is -0.747. The molecule has 2 aliphatic rings. The summed E-state index contributed by atoms with van der Waals surface area (Å²) >= 11 is 0. The van der Waals surface area contributed by atoms with Crippen LogP contribution in [0.4, 0.5) is 4.39 Å². The van der Waals surface area contributed by atoms with Gasteiger partial charge in [-0.25, -0.2) is 4.39 Å². The third kappa shape index (κ3) is 5.59. The van der Waals surface area contributed by atoms with E-state index in [1.165, 1.54) is 22.3 Å². The van der Waals surface area contributed by atoms with Crippen molar-refractivity contribution < 1.29 is 23.5 Å². The molecule has 8 heteroatoms. The van der Waals surface area contributed by atoms with Gasteiger partial charge >= 0.3 is 0 Å². The van der Waals surface area contributed by atoms with Gasteiger partial charge < -0.3 is 19.9 Å². The maximum absolute atomic E-state index is 14.6. The Morgan fingerprint density at radius 1 is 0.944 bits per heavy atom. The first kappa shape index (κ1) is 25.8. The third-order valence-corrected chi connectivity index (χ3v) is 7.01. The summed E-state index contributed by atoms with van der Waals surface area (Å²) in [5, 5.41) is 3.07. The summed E-state index contributed by atoms with van der Waals surface area (Å²) in [6.07, 6.45) is -1.40. The van der Waals surface area contributed by atoms with Crippen LogP contribution in [0.5, 0.6) is 0 Å². The maximum Gasteiger partial charge on any atom is 0.248 e. The summed E-state index contributed by atoms with van der Waals surface area (Å²) in [6, 6.07) is 15.4. The number of amides is 3. The molecule has 2 aromatic carbocycles. The van der Waals surface area contributed by atoms with Gasteiger partial charge in [-0.15, -0.1) is 0 Å². The molecule has 0 spiro atoms. The van der Waals surface area contributed by atoms with Crippen LogP contribution in [0.15, 0.2) is 54.6 Å². The zero-order valence-corrected chi connectivity index (χ0v) is 21.0. The normalized spacial score (nSPS) is 23.0. The number of benzene rings is 2. The van der Waals surface area contributed by atoms with Crippen molar-refractivity contribution in [2.24, 2.45) is 0 Å². The average Bonchev–Trinajstić information content (AvgIpc) is 3.29. The molecule has 2 fully saturated rings. The van der Waals surface area contributed by atoms with Gasteiger partial charge in [0.15, 0.2) is 0 Å². The monoisotopic (exact) mass is 495 g/mol. The SMILES string of the molecule is CC(=O)N1CCOCC1C(=O)N1C[C@H](F)CC1C(=O)N[C@@H](c1ccccc1)c1ccc(C(C)C)cc1. The minimum atomic E-state index is -1.32. The van der Waals surface area contributed by atoms with Crippen molar-refractivity contribution in [1.29, 1.82) is 0 Å². The Morgan fingerprint density at radius 3 is 2.22 bits per heavy atom. The van der Waals surface area contributed by atoms with Crippen LogP contribution in [0, 0.1) is 0 Å². The van der Waals surface area contributed by atoms with Gasteiger partial charge in [-0.3, -0.25) is 14.4 Å². The Hall–Kier alpha value is -3.26. The summed E-state index contributed by atoms with van der Waals surface area (Å²) in [7, 11) is 0. The minimum absolute atomic E-state index is 0.0368. The number of rotatable bonds is 6. The number of nitrogens with one attached hydrogen (secondary N) is 1. The molecule has 2 aromatic rings. The van der Waals surface area contributed by atoms with Crippen LogP contribution >= 0.6 is 0 Å². The van der Waals surface area contributed by atoms with E-state index < -0.39 is 36.1 Å². The van der Waals surface area contributed by atoms with E-state index in [4.69, 9.17) is 4.74 Å². The second kappa shape index (κ2) is 11.2. The van der Waals surface area contributed by atoms with Crippen LogP contribution in [0.1, 0.15) is 55.8 Å². The predicted octanol–water partition coefficient (Wildman–Crippen LogP) is 3.20. The molecule has 2 saturated heterocycles. The van der Waals surface area contributed by atoms with Gasteiger partial charge in [0, 0.05) is 19.9 Å². The van der Waals surface area contributed by atoms with E-state index in [0.29, 0.717) is 12.5 Å². The van der Waals surface area contributed by atoms with E-state index in [1.807, 2.05) is 54.6 Å². The van der Waals surface area contributed by atoms with E-state index in [-0.39, 0.29) is 32.0 Å². The number of carbonyl (C=O) groups excluding carboxylic acids is 3. The number of likely N-dealkylation sites (tertiary alicyclic amines) is 1. The molecular weight excluding hydrogens is 461 g/mol. The molecule has 3 amide bonds. The number of hydrogen-bond acceptors (Lipinski definition) is 4. The summed E-state index contributed by atoms with van der Waals surface area (Å²) in [6.45, 7) is 6.12. The molecule has 4 atom stereocenters. The largest absolute Gasteiger partial charge is 0.377 e. The molecule has 0 saturated carbocycles. The predicted molar refractivity (Wildman–Crippen MR) is 134 cm³/mol. The van der Waals surface area contributed by atoms with Crippen LogP contribution in [-0.2, 0) is 19.1 Å². The van der Waals surface area contributed by atoms with Crippen molar-refractivity contribution >= 4 is 17.7 Å². The van der Waals surface area contributed by atoms with E-state index in [0.717, 1.165) is 11.1 Å². The molecule has 36 heavy (non-hydrogen) atoms. The highest BCUT2D eigenvalue weighted by Crippen LogP contribution is 2.28. The van der Waals surface area contributed by atoms with E-state index in [1.54, 1.807) is 0 Å². The fraction of sp³-hybridized carbons (Fsp3) is 0.464. The Balaban J connectivity index is 1.58. The van der Waals surface area contributed by atoms with Crippen molar-refractivity contribution in [3.8, 4) is 0 Å². The lowest BCUT2D eigenvalue weighted by Crippen LogP contribution is -2.58. The summed E-state index contributed by atoms with van der Waals surface area (Å²) < 4.78 is 20.0. The molecule has 7 nitrogen and oxygen atoms in total. The second-order valence-corrected chi connectivity index (χ2v) is 9.82. The quantitative estimate of drug-likeness (QED) is 0.668. The molecule has 2 unspecified atom stereocenters. The molecule has 0 bridgehead atoms. The van der Waals surface area contributed by atoms with Gasteiger partial charge in [-0.1, -0.05) is 68.4 Å². The molecule has 2 heterocycles. The number of alkyl halides is 1. The lowest BCUT2D eigenvalue weighted by atomic mass is 9.95. The molecule has 2 aliphatic heterocycles.